The van der Waals surface area contributed by atoms with Crippen LogP contribution in [0.5, 0.6) is 0 Å². The number of ether oxygens (including phenoxy) is 1. The predicted molar refractivity (Wildman–Crippen MR) is 65.5 cm³/mol. The summed E-state index contributed by atoms with van der Waals surface area (Å²) in [6, 6.07) is 6.76. The zero-order valence-electron chi connectivity index (χ0n) is 10.3. The third-order valence-corrected chi connectivity index (χ3v) is 3.26. The van der Waals surface area contributed by atoms with E-state index in [1.165, 1.54) is 0 Å². The van der Waals surface area contributed by atoms with Crippen molar-refractivity contribution in [1.29, 1.82) is 0 Å². The standard InChI is InChI=1S/C14H16O4/c1-10-2-4-11(5-3-10)12(15)13(16)14(17)6-8-18-9-7-14/h2-5,17H,6-9H2,1H3. The summed E-state index contributed by atoms with van der Waals surface area (Å²) in [5, 5.41) is 10.2. The fourth-order valence-electron chi connectivity index (χ4n) is 1.98. The van der Waals surface area contributed by atoms with Crippen molar-refractivity contribution in [2.24, 2.45) is 0 Å². The first-order chi connectivity index (χ1) is 8.53. The molecule has 2 rings (SSSR count). The van der Waals surface area contributed by atoms with Crippen molar-refractivity contribution in [3.05, 3.63) is 35.4 Å². The van der Waals surface area contributed by atoms with E-state index in [1.54, 1.807) is 24.3 Å². The normalized spacial score (nSPS) is 18.3. The third kappa shape index (κ3) is 2.49. The first kappa shape index (κ1) is 12.9. The van der Waals surface area contributed by atoms with Gasteiger partial charge in [-0.05, 0) is 6.92 Å². The second-order valence-corrected chi connectivity index (χ2v) is 4.67. The zero-order valence-corrected chi connectivity index (χ0v) is 10.3. The molecule has 0 atom stereocenters. The molecule has 4 nitrogen and oxygen atoms in total. The van der Waals surface area contributed by atoms with E-state index in [1.807, 2.05) is 6.92 Å². The largest absolute Gasteiger partial charge is 0.381 e. The second-order valence-electron chi connectivity index (χ2n) is 4.67. The molecule has 1 aromatic carbocycles. The summed E-state index contributed by atoms with van der Waals surface area (Å²) < 4.78 is 5.09. The zero-order chi connectivity index (χ0) is 13.2. The van der Waals surface area contributed by atoms with Crippen molar-refractivity contribution in [2.45, 2.75) is 25.4 Å². The lowest BCUT2D eigenvalue weighted by molar-refractivity contribution is -0.141. The highest BCUT2D eigenvalue weighted by atomic mass is 16.5. The van der Waals surface area contributed by atoms with Crippen LogP contribution in [0.4, 0.5) is 0 Å². The van der Waals surface area contributed by atoms with Gasteiger partial charge in [0.05, 0.1) is 0 Å². The molecule has 0 aromatic heterocycles. The number of carbonyl (C=O) groups excluding carboxylic acids is 2. The van der Waals surface area contributed by atoms with Gasteiger partial charge in [0, 0.05) is 31.6 Å². The lowest BCUT2D eigenvalue weighted by Gasteiger charge is -2.29. The molecule has 4 heteroatoms. The summed E-state index contributed by atoms with van der Waals surface area (Å²) in [7, 11) is 0. The summed E-state index contributed by atoms with van der Waals surface area (Å²) in [6.07, 6.45) is 0.368. The molecule has 0 bridgehead atoms. The van der Waals surface area contributed by atoms with Gasteiger partial charge >= 0.3 is 0 Å². The van der Waals surface area contributed by atoms with Crippen molar-refractivity contribution in [3.63, 3.8) is 0 Å². The Bertz CT molecular complexity index is 455. The van der Waals surface area contributed by atoms with Crippen molar-refractivity contribution in [1.82, 2.24) is 0 Å². The van der Waals surface area contributed by atoms with Crippen LogP contribution in [0.3, 0.4) is 0 Å². The van der Waals surface area contributed by atoms with Crippen molar-refractivity contribution in [3.8, 4) is 0 Å². The smallest absolute Gasteiger partial charge is 0.234 e. The maximum Gasteiger partial charge on any atom is 0.234 e. The van der Waals surface area contributed by atoms with Crippen LogP contribution >= 0.6 is 0 Å². The van der Waals surface area contributed by atoms with Gasteiger partial charge in [-0.15, -0.1) is 0 Å². The number of rotatable bonds is 3. The van der Waals surface area contributed by atoms with Crippen molar-refractivity contribution in [2.75, 3.05) is 13.2 Å². The van der Waals surface area contributed by atoms with Gasteiger partial charge in [-0.25, -0.2) is 0 Å². The summed E-state index contributed by atoms with van der Waals surface area (Å²) in [5.41, 5.74) is -0.213. The molecule has 1 N–H and O–H groups in total. The van der Waals surface area contributed by atoms with E-state index in [2.05, 4.69) is 0 Å². The number of ketones is 2. The SMILES string of the molecule is Cc1ccc(C(=O)C(=O)C2(O)CCOCC2)cc1. The van der Waals surface area contributed by atoms with Crippen LogP contribution in [-0.2, 0) is 9.53 Å². The Morgan fingerprint density at radius 2 is 1.72 bits per heavy atom. The average molecular weight is 248 g/mol. The molecule has 0 amide bonds. The van der Waals surface area contributed by atoms with Gasteiger partial charge < -0.3 is 9.84 Å². The number of carbonyl (C=O) groups is 2. The minimum Gasteiger partial charge on any atom is -0.381 e. The molecule has 0 spiro atoms. The van der Waals surface area contributed by atoms with Crippen molar-refractivity contribution < 1.29 is 19.4 Å². The van der Waals surface area contributed by atoms with E-state index < -0.39 is 17.2 Å². The van der Waals surface area contributed by atoms with Gasteiger partial charge in [0.2, 0.25) is 11.6 Å². The highest BCUT2D eigenvalue weighted by Gasteiger charge is 2.41. The number of aryl methyl sites for hydroxylation is 1. The molecular formula is C14H16O4. The van der Waals surface area contributed by atoms with E-state index >= 15 is 0 Å². The third-order valence-electron chi connectivity index (χ3n) is 3.26. The van der Waals surface area contributed by atoms with E-state index in [4.69, 9.17) is 4.74 Å². The maximum absolute atomic E-state index is 12.1. The van der Waals surface area contributed by atoms with Gasteiger partial charge in [0.25, 0.3) is 0 Å². The molecule has 1 fully saturated rings. The van der Waals surface area contributed by atoms with Crippen LogP contribution in [0.15, 0.2) is 24.3 Å². The quantitative estimate of drug-likeness (QED) is 0.646. The van der Waals surface area contributed by atoms with Gasteiger partial charge in [-0.3, -0.25) is 9.59 Å². The Morgan fingerprint density at radius 1 is 1.17 bits per heavy atom. The van der Waals surface area contributed by atoms with Crippen molar-refractivity contribution >= 4 is 11.6 Å². The molecule has 1 aromatic rings. The van der Waals surface area contributed by atoms with Gasteiger partial charge in [-0.2, -0.15) is 0 Å². The fraction of sp³-hybridized carbons (Fsp3) is 0.429. The van der Waals surface area contributed by atoms with E-state index in [0.717, 1.165) is 5.56 Å². The Balaban J connectivity index is 2.18. The Labute approximate surface area is 106 Å². The molecule has 0 unspecified atom stereocenters. The topological polar surface area (TPSA) is 63.6 Å². The molecule has 96 valence electrons. The lowest BCUT2D eigenvalue weighted by Crippen LogP contribution is -2.47. The van der Waals surface area contributed by atoms with E-state index in [0.29, 0.717) is 18.8 Å². The fourth-order valence-corrected chi connectivity index (χ4v) is 1.98. The molecule has 1 aliphatic heterocycles. The Kier molecular flexibility index (Phi) is 3.59. The van der Waals surface area contributed by atoms with Crippen LogP contribution in [0.1, 0.15) is 28.8 Å². The van der Waals surface area contributed by atoms with Crippen LogP contribution < -0.4 is 0 Å². The average Bonchev–Trinajstić information content (AvgIpc) is 2.39. The Morgan fingerprint density at radius 3 is 2.28 bits per heavy atom. The first-order valence-corrected chi connectivity index (χ1v) is 5.99. The van der Waals surface area contributed by atoms with Crippen LogP contribution in [0, 0.1) is 6.92 Å². The summed E-state index contributed by atoms with van der Waals surface area (Å²) >= 11 is 0. The molecule has 1 saturated heterocycles. The highest BCUT2D eigenvalue weighted by molar-refractivity contribution is 6.46. The predicted octanol–water partition coefficient (Wildman–Crippen LogP) is 1.29. The summed E-state index contributed by atoms with van der Waals surface area (Å²) in [6.45, 7) is 2.52. The van der Waals surface area contributed by atoms with Crippen LogP contribution in [0.25, 0.3) is 0 Å². The maximum atomic E-state index is 12.1. The Hall–Kier alpha value is -1.52. The van der Waals surface area contributed by atoms with Gasteiger partial charge in [0.1, 0.15) is 5.60 Å². The molecule has 0 aliphatic carbocycles. The highest BCUT2D eigenvalue weighted by Crippen LogP contribution is 2.23. The minimum atomic E-state index is -1.56. The van der Waals surface area contributed by atoms with Crippen LogP contribution in [0.2, 0.25) is 0 Å². The second kappa shape index (κ2) is 5.00. The molecule has 1 heterocycles. The molecule has 18 heavy (non-hydrogen) atoms. The number of aliphatic hydroxyl groups is 1. The minimum absolute atomic E-state index is 0.184. The lowest BCUT2D eigenvalue weighted by atomic mass is 9.86. The number of benzene rings is 1. The number of hydrogen-bond acceptors (Lipinski definition) is 4. The number of Topliss-reactive ketones (excluding diaryl/α,β-unsaturated/α-hetero) is 2. The first-order valence-electron chi connectivity index (χ1n) is 5.99. The van der Waals surface area contributed by atoms with Gasteiger partial charge in [0.15, 0.2) is 0 Å². The molecule has 1 aliphatic rings. The van der Waals surface area contributed by atoms with Gasteiger partial charge in [-0.1, -0.05) is 29.8 Å². The number of hydrogen-bond donors (Lipinski definition) is 1. The summed E-state index contributed by atoms with van der Waals surface area (Å²) in [4.78, 5) is 24.1. The van der Waals surface area contributed by atoms with Crippen LogP contribution in [-0.4, -0.2) is 35.5 Å². The van der Waals surface area contributed by atoms with E-state index in [9.17, 15) is 14.7 Å². The summed E-state index contributed by atoms with van der Waals surface area (Å²) in [5.74, 6) is -1.35. The molecular weight excluding hydrogens is 232 g/mol. The molecule has 0 saturated carbocycles. The molecule has 0 radical (unpaired) electrons. The monoisotopic (exact) mass is 248 g/mol. The van der Waals surface area contributed by atoms with E-state index in [-0.39, 0.29) is 12.8 Å².